The summed E-state index contributed by atoms with van der Waals surface area (Å²) in [5.41, 5.74) is 5.75. The maximum atomic E-state index is 12.0. The maximum Gasteiger partial charge on any atom is 0.239 e. The molecule has 1 atom stereocenters. The van der Waals surface area contributed by atoms with Crippen molar-refractivity contribution in [2.24, 2.45) is 5.73 Å². The lowest BCUT2D eigenvalue weighted by Crippen LogP contribution is -2.48. The molecular weight excluding hydrogens is 256 g/mol. The zero-order chi connectivity index (χ0) is 13.8. The van der Waals surface area contributed by atoms with E-state index in [4.69, 9.17) is 10.5 Å². The molecule has 1 aliphatic heterocycles. The van der Waals surface area contributed by atoms with Crippen molar-refractivity contribution in [2.75, 3.05) is 32.3 Å². The van der Waals surface area contributed by atoms with E-state index < -0.39 is 15.9 Å². The van der Waals surface area contributed by atoms with E-state index in [1.165, 1.54) is 0 Å². The molecule has 1 saturated heterocycles. The molecule has 0 radical (unpaired) electrons. The van der Waals surface area contributed by atoms with Crippen LogP contribution in [0.5, 0.6) is 0 Å². The van der Waals surface area contributed by atoms with Crippen molar-refractivity contribution < 1.29 is 17.9 Å². The first kappa shape index (κ1) is 15.4. The topological polar surface area (TPSA) is 89.7 Å². The highest BCUT2D eigenvalue weighted by Crippen LogP contribution is 2.14. The Morgan fingerprint density at radius 3 is 2.50 bits per heavy atom. The number of nitrogens with zero attached hydrogens (tertiary/aromatic N) is 1. The van der Waals surface area contributed by atoms with Gasteiger partial charge < -0.3 is 15.4 Å². The second-order valence-corrected chi connectivity index (χ2v) is 7.08. The van der Waals surface area contributed by atoms with E-state index in [1.54, 1.807) is 11.9 Å². The van der Waals surface area contributed by atoms with E-state index in [9.17, 15) is 13.2 Å². The Bertz CT molecular complexity index is 377. The van der Waals surface area contributed by atoms with Gasteiger partial charge in [-0.25, -0.2) is 8.42 Å². The molecule has 1 rings (SSSR count). The third-order valence-electron chi connectivity index (χ3n) is 3.20. The first-order valence-corrected chi connectivity index (χ1v) is 8.15. The molecule has 0 spiro atoms. The van der Waals surface area contributed by atoms with Crippen LogP contribution in [0.25, 0.3) is 0 Å². The molecule has 0 aromatic carbocycles. The molecule has 18 heavy (non-hydrogen) atoms. The Labute approximate surface area is 108 Å². The van der Waals surface area contributed by atoms with Gasteiger partial charge in [-0.1, -0.05) is 0 Å². The Morgan fingerprint density at radius 1 is 1.44 bits per heavy atom. The summed E-state index contributed by atoms with van der Waals surface area (Å²) in [6.45, 7) is 1.31. The van der Waals surface area contributed by atoms with Gasteiger partial charge in [0.25, 0.3) is 0 Å². The second-order valence-electron chi connectivity index (χ2n) is 4.82. The fraction of sp³-hybridized carbons (Fsp3) is 0.909. The van der Waals surface area contributed by atoms with Crippen molar-refractivity contribution in [3.8, 4) is 0 Å². The van der Waals surface area contributed by atoms with E-state index in [0.717, 1.165) is 19.1 Å². The van der Waals surface area contributed by atoms with Crippen LogP contribution in [0.1, 0.15) is 19.3 Å². The molecule has 2 N–H and O–H groups in total. The number of nitrogens with two attached hydrogens (primary N) is 1. The number of carbonyl (C=O) groups is 1. The zero-order valence-electron chi connectivity index (χ0n) is 11.0. The number of sulfone groups is 1. The van der Waals surface area contributed by atoms with Gasteiger partial charge in [-0.05, 0) is 19.3 Å². The molecule has 0 aromatic heterocycles. The molecular formula is C11H22N2O4S. The Morgan fingerprint density at radius 2 is 2.00 bits per heavy atom. The van der Waals surface area contributed by atoms with Crippen LogP contribution < -0.4 is 5.73 Å². The summed E-state index contributed by atoms with van der Waals surface area (Å²) in [7, 11) is -1.35. The van der Waals surface area contributed by atoms with Crippen molar-refractivity contribution in [2.45, 2.75) is 31.3 Å². The fourth-order valence-corrected chi connectivity index (χ4v) is 2.66. The Hall–Kier alpha value is -0.660. The maximum absolute atomic E-state index is 12.0. The minimum Gasteiger partial charge on any atom is -0.381 e. The van der Waals surface area contributed by atoms with Crippen LogP contribution in [-0.2, 0) is 19.4 Å². The summed E-state index contributed by atoms with van der Waals surface area (Å²) in [6.07, 6.45) is 2.93. The summed E-state index contributed by atoms with van der Waals surface area (Å²) < 4.78 is 27.3. The first-order valence-electron chi connectivity index (χ1n) is 6.09. The van der Waals surface area contributed by atoms with Crippen LogP contribution in [-0.4, -0.2) is 63.6 Å². The van der Waals surface area contributed by atoms with Crippen LogP contribution in [0.2, 0.25) is 0 Å². The smallest absolute Gasteiger partial charge is 0.239 e. The van der Waals surface area contributed by atoms with E-state index in [1.807, 2.05) is 0 Å². The monoisotopic (exact) mass is 278 g/mol. The van der Waals surface area contributed by atoms with Gasteiger partial charge in [0.05, 0.1) is 11.8 Å². The number of hydrogen-bond acceptors (Lipinski definition) is 5. The molecule has 1 heterocycles. The highest BCUT2D eigenvalue weighted by molar-refractivity contribution is 7.90. The Kier molecular flexibility index (Phi) is 5.55. The molecule has 106 valence electrons. The van der Waals surface area contributed by atoms with Gasteiger partial charge in [0, 0.05) is 32.6 Å². The van der Waals surface area contributed by atoms with Crippen LogP contribution in [0.3, 0.4) is 0 Å². The van der Waals surface area contributed by atoms with E-state index in [-0.39, 0.29) is 24.1 Å². The van der Waals surface area contributed by atoms with Gasteiger partial charge in [-0.3, -0.25) is 4.79 Å². The average Bonchev–Trinajstić information content (AvgIpc) is 2.34. The number of hydrogen-bond donors (Lipinski definition) is 1. The second kappa shape index (κ2) is 6.49. The van der Waals surface area contributed by atoms with Gasteiger partial charge >= 0.3 is 0 Å². The predicted octanol–water partition coefficient (Wildman–Crippen LogP) is -0.614. The van der Waals surface area contributed by atoms with Gasteiger partial charge in [0.15, 0.2) is 0 Å². The molecule has 0 aromatic rings. The minimum atomic E-state index is -3.07. The van der Waals surface area contributed by atoms with Crippen LogP contribution >= 0.6 is 0 Å². The zero-order valence-corrected chi connectivity index (χ0v) is 11.8. The average molecular weight is 278 g/mol. The van der Waals surface area contributed by atoms with Crippen molar-refractivity contribution in [1.82, 2.24) is 4.90 Å². The number of ether oxygens (including phenoxy) is 1. The molecule has 0 bridgehead atoms. The van der Waals surface area contributed by atoms with Gasteiger partial charge in [0.2, 0.25) is 5.91 Å². The highest BCUT2D eigenvalue weighted by atomic mass is 32.2. The van der Waals surface area contributed by atoms with E-state index in [0.29, 0.717) is 13.2 Å². The van der Waals surface area contributed by atoms with E-state index >= 15 is 0 Å². The first-order chi connectivity index (χ1) is 8.31. The summed E-state index contributed by atoms with van der Waals surface area (Å²) in [6, 6.07) is -0.594. The highest BCUT2D eigenvalue weighted by Gasteiger charge is 2.26. The normalized spacial score (nSPS) is 19.5. The molecule has 0 aliphatic carbocycles. The van der Waals surface area contributed by atoms with Crippen LogP contribution in [0.15, 0.2) is 0 Å². The van der Waals surface area contributed by atoms with Gasteiger partial charge in [-0.15, -0.1) is 0 Å². The van der Waals surface area contributed by atoms with Crippen molar-refractivity contribution in [3.05, 3.63) is 0 Å². The summed E-state index contributed by atoms with van der Waals surface area (Å²) in [5, 5.41) is 0. The quantitative estimate of drug-likeness (QED) is 0.724. The largest absolute Gasteiger partial charge is 0.381 e. The van der Waals surface area contributed by atoms with Gasteiger partial charge in [-0.2, -0.15) is 0 Å². The van der Waals surface area contributed by atoms with Crippen LogP contribution in [0.4, 0.5) is 0 Å². The third-order valence-corrected chi connectivity index (χ3v) is 4.18. The summed E-state index contributed by atoms with van der Waals surface area (Å²) in [5.74, 6) is -0.243. The van der Waals surface area contributed by atoms with Crippen molar-refractivity contribution in [1.29, 1.82) is 0 Å². The van der Waals surface area contributed by atoms with E-state index in [2.05, 4.69) is 0 Å². The standard InChI is InChI=1S/C11H22N2O4S/c1-13(9-3-6-17-7-4-9)11(14)10(12)5-8-18(2,15)16/h9-10H,3-8,12H2,1-2H3. The van der Waals surface area contributed by atoms with Crippen molar-refractivity contribution in [3.63, 3.8) is 0 Å². The SMILES string of the molecule is CN(C(=O)C(N)CCS(C)(=O)=O)C1CCOCC1. The summed E-state index contributed by atoms with van der Waals surface area (Å²) >= 11 is 0. The number of carbonyl (C=O) groups excluding carboxylic acids is 1. The fourth-order valence-electron chi connectivity index (χ4n) is 1.98. The van der Waals surface area contributed by atoms with Crippen molar-refractivity contribution >= 4 is 15.7 Å². The Balaban J connectivity index is 2.46. The lowest BCUT2D eigenvalue weighted by molar-refractivity contribution is -0.135. The number of amides is 1. The summed E-state index contributed by atoms with van der Waals surface area (Å²) in [4.78, 5) is 13.7. The lowest BCUT2D eigenvalue weighted by atomic mass is 10.1. The molecule has 1 unspecified atom stereocenters. The van der Waals surface area contributed by atoms with Gasteiger partial charge in [0.1, 0.15) is 9.84 Å². The molecule has 0 saturated carbocycles. The van der Waals surface area contributed by atoms with Crippen LogP contribution in [0, 0.1) is 0 Å². The minimum absolute atomic E-state index is 0.0540. The number of rotatable bonds is 5. The molecule has 7 heteroatoms. The number of likely N-dealkylation sites (N-methyl/N-ethyl adjacent to an activating group) is 1. The molecule has 1 aliphatic rings. The molecule has 6 nitrogen and oxygen atoms in total. The molecule has 1 amide bonds. The predicted molar refractivity (Wildman–Crippen MR) is 68.9 cm³/mol. The third kappa shape index (κ3) is 4.91. The lowest BCUT2D eigenvalue weighted by Gasteiger charge is -2.32. The molecule has 1 fully saturated rings.